The Labute approximate surface area is 170 Å². The maximum Gasteiger partial charge on any atom is 0.523 e. The molecule has 4 rings (SSSR count). The number of hydrogen-bond acceptors (Lipinski definition) is 5. The summed E-state index contributed by atoms with van der Waals surface area (Å²) in [5.74, 6) is -0.379. The average Bonchev–Trinajstić information content (AvgIpc) is 3.31. The first-order chi connectivity index (χ1) is 13.6. The third-order valence-electron chi connectivity index (χ3n) is 7.70. The third-order valence-corrected chi connectivity index (χ3v) is 8.75. The Kier molecular flexibility index (Phi) is 5.99. The van der Waals surface area contributed by atoms with E-state index in [0.29, 0.717) is 25.7 Å². The van der Waals surface area contributed by atoms with Crippen molar-refractivity contribution in [2.45, 2.75) is 99.9 Å². The van der Waals surface area contributed by atoms with Crippen LogP contribution in [0.15, 0.2) is 0 Å². The molecule has 0 amide bonds. The molecule has 0 radical (unpaired) electrons. The summed E-state index contributed by atoms with van der Waals surface area (Å²) in [5.41, 5.74) is -5.70. The lowest BCUT2D eigenvalue weighted by molar-refractivity contribution is -0.0873. The summed E-state index contributed by atoms with van der Waals surface area (Å²) in [5, 5.41) is 0. The van der Waals surface area contributed by atoms with Crippen molar-refractivity contribution in [2.75, 3.05) is 13.2 Å². The van der Waals surface area contributed by atoms with Gasteiger partial charge >= 0.3 is 15.6 Å². The van der Waals surface area contributed by atoms with Gasteiger partial charge in [0.1, 0.15) is 0 Å². The molecule has 2 spiro atoms. The maximum absolute atomic E-state index is 13.1. The molecule has 5 nitrogen and oxygen atoms in total. The van der Waals surface area contributed by atoms with E-state index in [4.69, 9.17) is 13.7 Å². The average molecular weight is 441 g/mol. The Hall–Kier alpha value is -0.380. The number of alkyl halides is 3. The van der Waals surface area contributed by atoms with Crippen LogP contribution in [0.3, 0.4) is 0 Å². The van der Waals surface area contributed by atoms with Crippen molar-refractivity contribution in [3.8, 4) is 0 Å². The Bertz CT molecular complexity index is 625. The van der Waals surface area contributed by atoms with Crippen LogP contribution in [0.2, 0.25) is 0 Å². The zero-order valence-electron chi connectivity index (χ0n) is 16.7. The second-order valence-corrected chi connectivity index (χ2v) is 11.0. The number of ether oxygens (including phenoxy) is 2. The van der Waals surface area contributed by atoms with E-state index in [1.807, 2.05) is 0 Å². The first kappa shape index (κ1) is 21.8. The first-order valence-corrected chi connectivity index (χ1v) is 12.3. The van der Waals surface area contributed by atoms with Gasteiger partial charge in [-0.25, -0.2) is 0 Å². The standard InChI is InChI=1S/C20H31F3O5S/c21-20(22,23)29(24,25)28-17(15-3-9-18(10-4-15)7-1-13-26-18)16-5-11-19(12-6-16)8-2-14-27-19/h15-17H,1-14H2. The molecule has 0 aromatic rings. The summed E-state index contributed by atoms with van der Waals surface area (Å²) >= 11 is 0. The highest BCUT2D eigenvalue weighted by molar-refractivity contribution is 7.87. The molecule has 0 atom stereocenters. The van der Waals surface area contributed by atoms with E-state index in [0.717, 1.165) is 64.6 Å². The van der Waals surface area contributed by atoms with Gasteiger partial charge in [-0.2, -0.15) is 21.6 Å². The number of halogens is 3. The smallest absolute Gasteiger partial charge is 0.375 e. The molecule has 0 unspecified atom stereocenters. The summed E-state index contributed by atoms with van der Waals surface area (Å²) < 4.78 is 79.7. The van der Waals surface area contributed by atoms with Crippen molar-refractivity contribution < 1.29 is 35.2 Å². The van der Waals surface area contributed by atoms with Crippen LogP contribution in [-0.2, 0) is 23.8 Å². The van der Waals surface area contributed by atoms with Gasteiger partial charge in [-0.3, -0.25) is 4.18 Å². The Morgan fingerprint density at radius 1 is 0.793 bits per heavy atom. The molecule has 4 aliphatic rings. The molecule has 2 saturated carbocycles. The highest BCUT2D eigenvalue weighted by Gasteiger charge is 2.52. The van der Waals surface area contributed by atoms with Crippen molar-refractivity contribution in [1.82, 2.24) is 0 Å². The van der Waals surface area contributed by atoms with Crippen LogP contribution in [0, 0.1) is 11.8 Å². The van der Waals surface area contributed by atoms with E-state index >= 15 is 0 Å². The van der Waals surface area contributed by atoms with Gasteiger partial charge in [0.15, 0.2) is 0 Å². The summed E-state index contributed by atoms with van der Waals surface area (Å²) in [7, 11) is -5.61. The highest BCUT2D eigenvalue weighted by atomic mass is 32.2. The molecule has 0 N–H and O–H groups in total. The molecule has 168 valence electrons. The fraction of sp³-hybridized carbons (Fsp3) is 1.00. The Morgan fingerprint density at radius 3 is 1.52 bits per heavy atom. The molecule has 0 bridgehead atoms. The predicted octanol–water partition coefficient (Wildman–Crippen LogP) is 4.70. The van der Waals surface area contributed by atoms with Crippen molar-refractivity contribution >= 4 is 10.1 Å². The lowest BCUT2D eigenvalue weighted by atomic mass is 9.69. The molecule has 4 fully saturated rings. The minimum Gasteiger partial charge on any atom is -0.375 e. The predicted molar refractivity (Wildman–Crippen MR) is 99.6 cm³/mol. The van der Waals surface area contributed by atoms with Gasteiger partial charge in [-0.1, -0.05) is 0 Å². The van der Waals surface area contributed by atoms with Crippen LogP contribution in [0.1, 0.15) is 77.0 Å². The van der Waals surface area contributed by atoms with Gasteiger partial charge in [0.2, 0.25) is 0 Å². The lowest BCUT2D eigenvalue weighted by Gasteiger charge is -2.44. The van der Waals surface area contributed by atoms with Gasteiger partial charge in [0.05, 0.1) is 17.3 Å². The van der Waals surface area contributed by atoms with Crippen LogP contribution in [0.5, 0.6) is 0 Å². The molecular formula is C20H31F3O5S. The largest absolute Gasteiger partial charge is 0.523 e. The van der Waals surface area contributed by atoms with Crippen molar-refractivity contribution in [1.29, 1.82) is 0 Å². The molecule has 2 aliphatic heterocycles. The number of rotatable bonds is 4. The molecule has 29 heavy (non-hydrogen) atoms. The van der Waals surface area contributed by atoms with Gasteiger partial charge in [-0.15, -0.1) is 0 Å². The Morgan fingerprint density at radius 2 is 1.21 bits per heavy atom. The molecule has 0 aromatic carbocycles. The minimum atomic E-state index is -5.61. The summed E-state index contributed by atoms with van der Waals surface area (Å²) in [4.78, 5) is 0. The van der Waals surface area contributed by atoms with Crippen LogP contribution >= 0.6 is 0 Å². The van der Waals surface area contributed by atoms with Crippen LogP contribution < -0.4 is 0 Å². The quantitative estimate of drug-likeness (QED) is 0.468. The fourth-order valence-electron chi connectivity index (χ4n) is 6.03. The zero-order chi connectivity index (χ0) is 20.8. The number of hydrogen-bond donors (Lipinski definition) is 0. The van der Waals surface area contributed by atoms with Gasteiger partial charge in [0, 0.05) is 13.2 Å². The minimum absolute atomic E-state index is 0.155. The van der Waals surface area contributed by atoms with Gasteiger partial charge in [-0.05, 0) is 88.9 Å². The van der Waals surface area contributed by atoms with Crippen molar-refractivity contribution in [3.63, 3.8) is 0 Å². The third kappa shape index (κ3) is 4.48. The fourth-order valence-corrected chi connectivity index (χ4v) is 6.75. The summed E-state index contributed by atoms with van der Waals surface area (Å²) in [6, 6.07) is 0. The van der Waals surface area contributed by atoms with E-state index in [-0.39, 0.29) is 23.0 Å². The second-order valence-electron chi connectivity index (χ2n) is 9.41. The topological polar surface area (TPSA) is 61.8 Å². The van der Waals surface area contributed by atoms with E-state index in [9.17, 15) is 21.6 Å². The van der Waals surface area contributed by atoms with Crippen LogP contribution in [-0.4, -0.2) is 44.4 Å². The summed E-state index contributed by atoms with van der Waals surface area (Å²) in [6.45, 7) is 1.47. The van der Waals surface area contributed by atoms with Crippen molar-refractivity contribution in [3.05, 3.63) is 0 Å². The lowest BCUT2D eigenvalue weighted by Crippen LogP contribution is -2.45. The zero-order valence-corrected chi connectivity index (χ0v) is 17.5. The molecular weight excluding hydrogens is 409 g/mol. The monoisotopic (exact) mass is 440 g/mol. The molecule has 2 saturated heterocycles. The van der Waals surface area contributed by atoms with Crippen LogP contribution in [0.4, 0.5) is 13.2 Å². The first-order valence-electron chi connectivity index (χ1n) is 10.9. The highest BCUT2D eigenvalue weighted by Crippen LogP contribution is 2.48. The molecule has 9 heteroatoms. The van der Waals surface area contributed by atoms with Crippen LogP contribution in [0.25, 0.3) is 0 Å². The molecule has 0 aromatic heterocycles. The second kappa shape index (κ2) is 7.95. The molecule has 2 aliphatic carbocycles. The van der Waals surface area contributed by atoms with E-state index < -0.39 is 21.7 Å². The van der Waals surface area contributed by atoms with Crippen molar-refractivity contribution in [2.24, 2.45) is 11.8 Å². The maximum atomic E-state index is 13.1. The van der Waals surface area contributed by atoms with E-state index in [1.165, 1.54) is 0 Å². The SMILES string of the molecule is O=S(=O)(OC(C1CCC2(CCCO2)CC1)C1CCC2(CCCO2)CC1)C(F)(F)F. The normalized spacial score (nSPS) is 40.0. The van der Waals surface area contributed by atoms with E-state index in [2.05, 4.69) is 0 Å². The van der Waals surface area contributed by atoms with Gasteiger partial charge < -0.3 is 9.47 Å². The summed E-state index contributed by atoms with van der Waals surface area (Å²) in [6.07, 6.45) is 8.73. The molecule has 2 heterocycles. The van der Waals surface area contributed by atoms with Gasteiger partial charge in [0.25, 0.3) is 0 Å². The van der Waals surface area contributed by atoms with E-state index in [1.54, 1.807) is 0 Å². The Balaban J connectivity index is 1.47.